The van der Waals surface area contributed by atoms with E-state index in [0.717, 1.165) is 22.4 Å². The average molecular weight is 280 g/mol. The SMILES string of the molecule is CON=C(C#N)c1ccccc1COc1cccc(C)c1. The quantitative estimate of drug-likeness (QED) is 0.622. The molecule has 0 radical (unpaired) electrons. The van der Waals surface area contributed by atoms with Crippen LogP contribution in [0.3, 0.4) is 0 Å². The Morgan fingerprint density at radius 2 is 2.00 bits per heavy atom. The highest BCUT2D eigenvalue weighted by Crippen LogP contribution is 2.17. The predicted molar refractivity (Wildman–Crippen MR) is 81.1 cm³/mol. The van der Waals surface area contributed by atoms with Crippen LogP contribution in [0.4, 0.5) is 0 Å². The molecule has 2 rings (SSSR count). The molecule has 0 spiro atoms. The van der Waals surface area contributed by atoms with Crippen molar-refractivity contribution in [3.8, 4) is 11.8 Å². The molecule has 0 aliphatic rings. The first-order valence-corrected chi connectivity index (χ1v) is 6.53. The summed E-state index contributed by atoms with van der Waals surface area (Å²) in [6.07, 6.45) is 0. The van der Waals surface area contributed by atoms with Crippen LogP contribution in [0.5, 0.6) is 5.75 Å². The highest BCUT2D eigenvalue weighted by molar-refractivity contribution is 6.12. The number of nitriles is 1. The minimum absolute atomic E-state index is 0.237. The molecule has 4 nitrogen and oxygen atoms in total. The molecule has 0 N–H and O–H groups in total. The van der Waals surface area contributed by atoms with E-state index in [0.29, 0.717) is 6.61 Å². The molecule has 0 saturated heterocycles. The molecular weight excluding hydrogens is 264 g/mol. The van der Waals surface area contributed by atoms with Gasteiger partial charge in [-0.3, -0.25) is 0 Å². The lowest BCUT2D eigenvalue weighted by atomic mass is 10.0. The summed E-state index contributed by atoms with van der Waals surface area (Å²) in [7, 11) is 1.42. The molecule has 0 amide bonds. The summed E-state index contributed by atoms with van der Waals surface area (Å²) in [5.41, 5.74) is 2.98. The highest BCUT2D eigenvalue weighted by Gasteiger charge is 2.10. The number of rotatable bonds is 5. The van der Waals surface area contributed by atoms with E-state index in [2.05, 4.69) is 5.16 Å². The van der Waals surface area contributed by atoms with Gasteiger partial charge in [0.15, 0.2) is 5.71 Å². The highest BCUT2D eigenvalue weighted by atomic mass is 16.6. The summed E-state index contributed by atoms with van der Waals surface area (Å²) in [5.74, 6) is 0.798. The molecule has 21 heavy (non-hydrogen) atoms. The number of benzene rings is 2. The molecular formula is C17H16N2O2. The molecule has 0 aliphatic carbocycles. The third-order valence-corrected chi connectivity index (χ3v) is 2.94. The van der Waals surface area contributed by atoms with Crippen LogP contribution in [0.25, 0.3) is 0 Å². The summed E-state index contributed by atoms with van der Waals surface area (Å²) in [6, 6.07) is 17.4. The van der Waals surface area contributed by atoms with Gasteiger partial charge >= 0.3 is 0 Å². The molecule has 0 atom stereocenters. The van der Waals surface area contributed by atoms with Gasteiger partial charge in [0.1, 0.15) is 25.5 Å². The number of oxime groups is 1. The molecule has 0 aromatic heterocycles. The molecule has 0 bridgehead atoms. The van der Waals surface area contributed by atoms with Crippen molar-refractivity contribution in [3.63, 3.8) is 0 Å². The Kier molecular flexibility index (Phi) is 4.94. The van der Waals surface area contributed by atoms with Crippen LogP contribution in [0.15, 0.2) is 53.7 Å². The van der Waals surface area contributed by atoms with Crippen molar-refractivity contribution in [2.75, 3.05) is 7.11 Å². The second-order valence-electron chi connectivity index (χ2n) is 4.50. The van der Waals surface area contributed by atoms with E-state index in [-0.39, 0.29) is 5.71 Å². The molecule has 2 aromatic carbocycles. The Labute approximate surface area is 124 Å². The van der Waals surface area contributed by atoms with Crippen LogP contribution in [0.2, 0.25) is 0 Å². The van der Waals surface area contributed by atoms with E-state index in [4.69, 9.17) is 14.8 Å². The van der Waals surface area contributed by atoms with Gasteiger partial charge in [-0.15, -0.1) is 0 Å². The van der Waals surface area contributed by atoms with Crippen molar-refractivity contribution in [2.24, 2.45) is 5.16 Å². The Bertz CT molecular complexity index is 687. The lowest BCUT2D eigenvalue weighted by Gasteiger charge is -2.10. The fourth-order valence-corrected chi connectivity index (χ4v) is 1.96. The van der Waals surface area contributed by atoms with Gasteiger partial charge in [-0.1, -0.05) is 41.6 Å². The lowest BCUT2D eigenvalue weighted by Crippen LogP contribution is -2.06. The van der Waals surface area contributed by atoms with Crippen molar-refractivity contribution in [1.82, 2.24) is 0 Å². The number of nitrogens with zero attached hydrogens (tertiary/aromatic N) is 2. The molecule has 4 heteroatoms. The third-order valence-electron chi connectivity index (χ3n) is 2.94. The van der Waals surface area contributed by atoms with Crippen LogP contribution in [-0.4, -0.2) is 12.8 Å². The number of hydrogen-bond acceptors (Lipinski definition) is 4. The van der Waals surface area contributed by atoms with Crippen molar-refractivity contribution in [3.05, 3.63) is 65.2 Å². The van der Waals surface area contributed by atoms with Crippen molar-refractivity contribution >= 4 is 5.71 Å². The van der Waals surface area contributed by atoms with E-state index in [1.165, 1.54) is 7.11 Å². The van der Waals surface area contributed by atoms with Crippen molar-refractivity contribution in [2.45, 2.75) is 13.5 Å². The number of ether oxygens (including phenoxy) is 1. The number of aryl methyl sites for hydroxylation is 1. The monoisotopic (exact) mass is 280 g/mol. The summed E-state index contributed by atoms with van der Waals surface area (Å²) < 4.78 is 5.78. The van der Waals surface area contributed by atoms with Crippen molar-refractivity contribution < 1.29 is 9.57 Å². The van der Waals surface area contributed by atoms with Crippen LogP contribution < -0.4 is 4.74 Å². The average Bonchev–Trinajstić information content (AvgIpc) is 2.51. The second kappa shape index (κ2) is 7.11. The molecule has 0 saturated carbocycles. The summed E-state index contributed by atoms with van der Waals surface area (Å²) in [4.78, 5) is 4.71. The first-order chi connectivity index (χ1) is 10.2. The molecule has 0 unspecified atom stereocenters. The van der Waals surface area contributed by atoms with Gasteiger partial charge in [0.05, 0.1) is 0 Å². The van der Waals surface area contributed by atoms with E-state index in [1.54, 1.807) is 0 Å². The second-order valence-corrected chi connectivity index (χ2v) is 4.50. The van der Waals surface area contributed by atoms with Crippen LogP contribution in [-0.2, 0) is 11.4 Å². The molecule has 0 aliphatic heterocycles. The normalized spacial score (nSPS) is 10.8. The maximum Gasteiger partial charge on any atom is 0.187 e. The zero-order chi connectivity index (χ0) is 15.1. The maximum absolute atomic E-state index is 9.16. The van der Waals surface area contributed by atoms with E-state index in [9.17, 15) is 0 Å². The zero-order valence-corrected chi connectivity index (χ0v) is 12.0. The van der Waals surface area contributed by atoms with Gasteiger partial charge in [0.2, 0.25) is 0 Å². The van der Waals surface area contributed by atoms with E-state index < -0.39 is 0 Å². The fourth-order valence-electron chi connectivity index (χ4n) is 1.96. The third kappa shape index (κ3) is 3.83. The molecule has 106 valence electrons. The Morgan fingerprint density at radius 3 is 2.71 bits per heavy atom. The van der Waals surface area contributed by atoms with E-state index >= 15 is 0 Å². The minimum atomic E-state index is 0.237. The number of hydrogen-bond donors (Lipinski definition) is 0. The van der Waals surface area contributed by atoms with Gasteiger partial charge in [-0.2, -0.15) is 5.26 Å². The predicted octanol–water partition coefficient (Wildman–Crippen LogP) is 3.45. The van der Waals surface area contributed by atoms with Crippen LogP contribution in [0, 0.1) is 18.3 Å². The first kappa shape index (κ1) is 14.6. The zero-order valence-electron chi connectivity index (χ0n) is 12.0. The van der Waals surface area contributed by atoms with Gasteiger partial charge in [0, 0.05) is 5.56 Å². The Balaban J connectivity index is 2.21. The molecule has 0 fully saturated rings. The summed E-state index contributed by atoms with van der Waals surface area (Å²) in [5, 5.41) is 12.9. The van der Waals surface area contributed by atoms with E-state index in [1.807, 2.05) is 61.5 Å². The van der Waals surface area contributed by atoms with Gasteiger partial charge in [0.25, 0.3) is 0 Å². The first-order valence-electron chi connectivity index (χ1n) is 6.53. The summed E-state index contributed by atoms with van der Waals surface area (Å²) in [6.45, 7) is 2.38. The van der Waals surface area contributed by atoms with Crippen LogP contribution >= 0.6 is 0 Å². The Hall–Kier alpha value is -2.80. The van der Waals surface area contributed by atoms with Crippen molar-refractivity contribution in [1.29, 1.82) is 5.26 Å². The van der Waals surface area contributed by atoms with Gasteiger partial charge in [-0.25, -0.2) is 0 Å². The minimum Gasteiger partial charge on any atom is -0.489 e. The fraction of sp³-hybridized carbons (Fsp3) is 0.176. The molecule has 0 heterocycles. The largest absolute Gasteiger partial charge is 0.489 e. The van der Waals surface area contributed by atoms with Gasteiger partial charge in [-0.05, 0) is 30.2 Å². The van der Waals surface area contributed by atoms with Gasteiger partial charge < -0.3 is 9.57 Å². The van der Waals surface area contributed by atoms with Crippen LogP contribution in [0.1, 0.15) is 16.7 Å². The maximum atomic E-state index is 9.16. The standard InChI is InChI=1S/C17H16N2O2/c1-13-6-5-8-15(10-13)21-12-14-7-3-4-9-16(14)17(11-18)19-20-2/h3-10H,12H2,1-2H3. The lowest BCUT2D eigenvalue weighted by molar-refractivity contribution is 0.214. The Morgan fingerprint density at radius 1 is 1.19 bits per heavy atom. The smallest absolute Gasteiger partial charge is 0.187 e. The topological polar surface area (TPSA) is 54.6 Å². The summed E-state index contributed by atoms with van der Waals surface area (Å²) >= 11 is 0. The molecule has 2 aromatic rings.